The Morgan fingerprint density at radius 1 is 1.57 bits per heavy atom. The van der Waals surface area contributed by atoms with Crippen molar-refractivity contribution in [3.05, 3.63) is 17.6 Å². The monoisotopic (exact) mass is 194 g/mol. The second kappa shape index (κ2) is 4.04. The van der Waals surface area contributed by atoms with E-state index in [0.717, 1.165) is 11.4 Å². The van der Waals surface area contributed by atoms with E-state index in [9.17, 15) is 4.79 Å². The number of carbonyl (C=O) groups is 1. The van der Waals surface area contributed by atoms with Gasteiger partial charge in [0.25, 0.3) is 0 Å². The van der Waals surface area contributed by atoms with Gasteiger partial charge >= 0.3 is 0 Å². The number of hydrogen-bond acceptors (Lipinski definition) is 4. The maximum atomic E-state index is 10.8. The van der Waals surface area contributed by atoms with E-state index in [1.807, 2.05) is 13.8 Å². The number of aromatic nitrogens is 2. The first kappa shape index (κ1) is 10.4. The van der Waals surface area contributed by atoms with Gasteiger partial charge in [-0.1, -0.05) is 0 Å². The van der Waals surface area contributed by atoms with Gasteiger partial charge in [-0.2, -0.15) is 0 Å². The van der Waals surface area contributed by atoms with Crippen molar-refractivity contribution in [1.82, 2.24) is 9.97 Å². The Morgan fingerprint density at radius 2 is 2.21 bits per heavy atom. The Bertz CT molecular complexity index is 351. The fourth-order valence-electron chi connectivity index (χ4n) is 0.950. The van der Waals surface area contributed by atoms with Crippen molar-refractivity contribution in [2.24, 2.45) is 5.73 Å². The van der Waals surface area contributed by atoms with Gasteiger partial charge < -0.3 is 11.1 Å². The topological polar surface area (TPSA) is 80.9 Å². The summed E-state index contributed by atoms with van der Waals surface area (Å²) in [6.45, 7) is 5.35. The fraction of sp³-hybridized carbons (Fsp3) is 0.444. The van der Waals surface area contributed by atoms with Crippen LogP contribution < -0.4 is 11.1 Å². The number of amides is 1. The molecule has 0 fully saturated rings. The van der Waals surface area contributed by atoms with Gasteiger partial charge in [-0.15, -0.1) is 0 Å². The van der Waals surface area contributed by atoms with Crippen LogP contribution in [0.3, 0.4) is 0 Å². The third-order valence-corrected chi connectivity index (χ3v) is 1.86. The predicted octanol–water partition coefficient (Wildman–Crippen LogP) is 0.379. The summed E-state index contributed by atoms with van der Waals surface area (Å²) in [5.41, 5.74) is 6.68. The van der Waals surface area contributed by atoms with Gasteiger partial charge in [0, 0.05) is 6.20 Å². The predicted molar refractivity (Wildman–Crippen MR) is 53.8 cm³/mol. The Kier molecular flexibility index (Phi) is 3.01. The summed E-state index contributed by atoms with van der Waals surface area (Å²) in [6, 6.07) is -0.440. The van der Waals surface area contributed by atoms with Crippen LogP contribution in [0.5, 0.6) is 0 Å². The number of nitrogens with zero attached hydrogens (tertiary/aromatic N) is 2. The fourth-order valence-corrected chi connectivity index (χ4v) is 0.950. The number of anilines is 1. The second-order valence-corrected chi connectivity index (χ2v) is 3.21. The number of aryl methyl sites for hydroxylation is 2. The standard InChI is InChI=1S/C9H14N4O/c1-5-4-11-7(3)9(12-5)13-6(2)8(10)14/h4,6H,1-3H3,(H2,10,14)(H,12,13). The maximum absolute atomic E-state index is 10.8. The van der Waals surface area contributed by atoms with Gasteiger partial charge in [-0.25, -0.2) is 4.98 Å². The third-order valence-electron chi connectivity index (χ3n) is 1.86. The molecule has 0 bridgehead atoms. The van der Waals surface area contributed by atoms with E-state index in [1.165, 1.54) is 0 Å². The molecule has 0 aliphatic rings. The Labute approximate surface area is 82.7 Å². The summed E-state index contributed by atoms with van der Waals surface area (Å²) in [4.78, 5) is 19.1. The van der Waals surface area contributed by atoms with Crippen LogP contribution in [-0.4, -0.2) is 21.9 Å². The Morgan fingerprint density at radius 3 is 2.79 bits per heavy atom. The zero-order valence-electron chi connectivity index (χ0n) is 8.53. The van der Waals surface area contributed by atoms with E-state index >= 15 is 0 Å². The molecule has 0 spiro atoms. The zero-order chi connectivity index (χ0) is 10.7. The number of rotatable bonds is 3. The minimum atomic E-state index is -0.440. The van der Waals surface area contributed by atoms with Gasteiger partial charge in [0.15, 0.2) is 0 Å². The lowest BCUT2D eigenvalue weighted by atomic mass is 10.3. The van der Waals surface area contributed by atoms with Crippen LogP contribution >= 0.6 is 0 Å². The maximum Gasteiger partial charge on any atom is 0.239 e. The molecule has 0 aliphatic heterocycles. The Hall–Kier alpha value is -1.65. The minimum Gasteiger partial charge on any atom is -0.368 e. The van der Waals surface area contributed by atoms with Gasteiger partial charge in [-0.3, -0.25) is 9.78 Å². The molecule has 0 radical (unpaired) electrons. The highest BCUT2D eigenvalue weighted by atomic mass is 16.1. The number of hydrogen-bond donors (Lipinski definition) is 2. The van der Waals surface area contributed by atoms with Crippen LogP contribution in [0.1, 0.15) is 18.3 Å². The minimum absolute atomic E-state index is 0.410. The molecule has 1 unspecified atom stereocenters. The largest absolute Gasteiger partial charge is 0.368 e. The number of carbonyl (C=O) groups excluding carboxylic acids is 1. The van der Waals surface area contributed by atoms with Crippen LogP contribution in [0.4, 0.5) is 5.82 Å². The molecular weight excluding hydrogens is 180 g/mol. The average Bonchev–Trinajstić information content (AvgIpc) is 2.11. The van der Waals surface area contributed by atoms with E-state index in [0.29, 0.717) is 5.82 Å². The van der Waals surface area contributed by atoms with Crippen LogP contribution in [0.25, 0.3) is 0 Å². The highest BCUT2D eigenvalue weighted by molar-refractivity contribution is 5.82. The normalized spacial score (nSPS) is 12.2. The molecule has 76 valence electrons. The van der Waals surface area contributed by atoms with E-state index in [-0.39, 0.29) is 0 Å². The summed E-state index contributed by atoms with van der Waals surface area (Å²) in [7, 11) is 0. The van der Waals surface area contributed by atoms with Crippen molar-refractivity contribution in [2.75, 3.05) is 5.32 Å². The molecule has 5 nitrogen and oxygen atoms in total. The number of nitrogens with one attached hydrogen (secondary N) is 1. The van der Waals surface area contributed by atoms with Crippen LogP contribution in [-0.2, 0) is 4.79 Å². The van der Waals surface area contributed by atoms with Crippen molar-refractivity contribution >= 4 is 11.7 Å². The van der Waals surface area contributed by atoms with Crippen molar-refractivity contribution in [3.63, 3.8) is 0 Å². The molecule has 14 heavy (non-hydrogen) atoms. The first-order chi connectivity index (χ1) is 6.50. The molecular formula is C9H14N4O. The molecule has 1 aromatic rings. The first-order valence-electron chi connectivity index (χ1n) is 4.37. The number of primary amides is 1. The molecule has 5 heteroatoms. The lowest BCUT2D eigenvalue weighted by Crippen LogP contribution is -2.33. The van der Waals surface area contributed by atoms with Crippen molar-refractivity contribution in [1.29, 1.82) is 0 Å². The zero-order valence-corrected chi connectivity index (χ0v) is 8.53. The summed E-state index contributed by atoms with van der Waals surface area (Å²) < 4.78 is 0. The highest BCUT2D eigenvalue weighted by Crippen LogP contribution is 2.09. The molecule has 3 N–H and O–H groups in total. The van der Waals surface area contributed by atoms with Crippen molar-refractivity contribution in [2.45, 2.75) is 26.8 Å². The molecule has 0 saturated carbocycles. The van der Waals surface area contributed by atoms with Crippen LogP contribution in [0.15, 0.2) is 6.20 Å². The lowest BCUT2D eigenvalue weighted by Gasteiger charge is -2.12. The van der Waals surface area contributed by atoms with Crippen LogP contribution in [0.2, 0.25) is 0 Å². The lowest BCUT2D eigenvalue weighted by molar-refractivity contribution is -0.118. The average molecular weight is 194 g/mol. The van der Waals surface area contributed by atoms with Gasteiger partial charge in [0.2, 0.25) is 5.91 Å². The molecule has 0 aromatic carbocycles. The van der Waals surface area contributed by atoms with Gasteiger partial charge in [0.1, 0.15) is 11.9 Å². The molecule has 0 aliphatic carbocycles. The molecule has 0 saturated heterocycles. The highest BCUT2D eigenvalue weighted by Gasteiger charge is 2.10. The summed E-state index contributed by atoms with van der Waals surface area (Å²) in [5.74, 6) is 0.198. The summed E-state index contributed by atoms with van der Waals surface area (Å²) in [5, 5.41) is 2.90. The van der Waals surface area contributed by atoms with E-state index in [2.05, 4.69) is 15.3 Å². The van der Waals surface area contributed by atoms with E-state index in [1.54, 1.807) is 13.1 Å². The van der Waals surface area contributed by atoms with Crippen LogP contribution in [0, 0.1) is 13.8 Å². The molecule has 1 rings (SSSR count). The molecule has 1 atom stereocenters. The third kappa shape index (κ3) is 2.42. The smallest absolute Gasteiger partial charge is 0.239 e. The second-order valence-electron chi connectivity index (χ2n) is 3.21. The summed E-state index contributed by atoms with van der Waals surface area (Å²) >= 11 is 0. The van der Waals surface area contributed by atoms with E-state index < -0.39 is 11.9 Å². The molecule has 1 heterocycles. The SMILES string of the molecule is Cc1cnc(C)c(NC(C)C(N)=O)n1. The Balaban J connectivity index is 2.85. The molecule has 1 amide bonds. The quantitative estimate of drug-likeness (QED) is 0.728. The molecule has 1 aromatic heterocycles. The van der Waals surface area contributed by atoms with E-state index in [4.69, 9.17) is 5.73 Å². The number of nitrogens with two attached hydrogens (primary N) is 1. The van der Waals surface area contributed by atoms with Gasteiger partial charge in [-0.05, 0) is 20.8 Å². The van der Waals surface area contributed by atoms with Gasteiger partial charge in [0.05, 0.1) is 11.4 Å². The van der Waals surface area contributed by atoms with Crippen molar-refractivity contribution in [3.8, 4) is 0 Å². The first-order valence-corrected chi connectivity index (χ1v) is 4.37. The summed E-state index contributed by atoms with van der Waals surface area (Å²) in [6.07, 6.45) is 1.68. The van der Waals surface area contributed by atoms with Crippen molar-refractivity contribution < 1.29 is 4.79 Å².